The molecular weight excluding hydrogens is 214 g/mol. The van der Waals surface area contributed by atoms with Gasteiger partial charge in [-0.05, 0) is 31.9 Å². The van der Waals surface area contributed by atoms with Crippen LogP contribution in [0.3, 0.4) is 0 Å². The first kappa shape index (κ1) is 12.1. The summed E-state index contributed by atoms with van der Waals surface area (Å²) < 4.78 is 5.29. The number of nitrogens with two attached hydrogens (primary N) is 1. The van der Waals surface area contributed by atoms with E-state index >= 15 is 0 Å². The molecule has 0 aromatic heterocycles. The summed E-state index contributed by atoms with van der Waals surface area (Å²) in [6, 6.07) is 7.39. The summed E-state index contributed by atoms with van der Waals surface area (Å²) in [6.07, 6.45) is 4.18. The highest BCUT2D eigenvalue weighted by molar-refractivity contribution is 5.89. The summed E-state index contributed by atoms with van der Waals surface area (Å²) >= 11 is 0. The molecule has 0 unspecified atom stereocenters. The van der Waals surface area contributed by atoms with Gasteiger partial charge in [0.15, 0.2) is 0 Å². The number of ether oxygens (including phenoxy) is 1. The minimum absolute atomic E-state index is 0.276. The molecule has 1 fully saturated rings. The monoisotopic (exact) mass is 233 g/mol. The molecule has 0 heterocycles. The maximum absolute atomic E-state index is 11.8. The van der Waals surface area contributed by atoms with Gasteiger partial charge in [0.05, 0.1) is 11.1 Å². The molecule has 0 amide bonds. The van der Waals surface area contributed by atoms with E-state index < -0.39 is 0 Å². The quantitative estimate of drug-likeness (QED) is 0.816. The maximum atomic E-state index is 11.8. The largest absolute Gasteiger partial charge is 0.460 e. The van der Waals surface area contributed by atoms with E-state index in [1.54, 1.807) is 12.1 Å². The van der Waals surface area contributed by atoms with Crippen molar-refractivity contribution in [2.75, 3.05) is 6.61 Å². The first-order chi connectivity index (χ1) is 8.09. The lowest BCUT2D eigenvalue weighted by atomic mass is 10.0. The number of carbonyl (C=O) groups excluding carboxylic acids is 1. The van der Waals surface area contributed by atoms with Crippen LogP contribution in [0.1, 0.15) is 41.6 Å². The number of hydrogen-bond donors (Lipinski definition) is 1. The van der Waals surface area contributed by atoms with Gasteiger partial charge in [-0.3, -0.25) is 0 Å². The maximum Gasteiger partial charge on any atom is 0.338 e. The van der Waals surface area contributed by atoms with Crippen LogP contribution in [0.25, 0.3) is 0 Å². The third-order valence-corrected chi connectivity index (χ3v) is 3.38. The zero-order valence-electron chi connectivity index (χ0n) is 10.2. The molecule has 0 spiro atoms. The number of carbonyl (C=O) groups is 1. The van der Waals surface area contributed by atoms with Crippen molar-refractivity contribution in [3.63, 3.8) is 0 Å². The molecule has 1 aromatic rings. The summed E-state index contributed by atoms with van der Waals surface area (Å²) in [4.78, 5) is 11.8. The molecule has 0 bridgehead atoms. The zero-order valence-corrected chi connectivity index (χ0v) is 10.2. The lowest BCUT2D eigenvalue weighted by molar-refractivity contribution is 0.0410. The Morgan fingerprint density at radius 3 is 2.47 bits per heavy atom. The molecule has 17 heavy (non-hydrogen) atoms. The second-order valence-corrected chi connectivity index (χ2v) is 5.01. The molecule has 2 N–H and O–H groups in total. The third-order valence-electron chi connectivity index (χ3n) is 3.38. The van der Waals surface area contributed by atoms with Crippen molar-refractivity contribution in [2.45, 2.75) is 38.1 Å². The van der Waals surface area contributed by atoms with E-state index in [0.717, 1.165) is 31.2 Å². The molecule has 2 rings (SSSR count). The highest BCUT2D eigenvalue weighted by Gasteiger charge is 2.30. The highest BCUT2D eigenvalue weighted by atomic mass is 16.5. The Bertz CT molecular complexity index is 391. The minimum Gasteiger partial charge on any atom is -0.460 e. The molecule has 1 aromatic carbocycles. The van der Waals surface area contributed by atoms with Gasteiger partial charge < -0.3 is 10.5 Å². The van der Waals surface area contributed by atoms with Crippen molar-refractivity contribution >= 4 is 5.97 Å². The van der Waals surface area contributed by atoms with Crippen LogP contribution in [0.4, 0.5) is 0 Å². The Morgan fingerprint density at radius 1 is 1.29 bits per heavy atom. The second kappa shape index (κ2) is 4.88. The molecule has 3 heteroatoms. The number of aryl methyl sites for hydroxylation is 1. The van der Waals surface area contributed by atoms with Crippen LogP contribution in [0.5, 0.6) is 0 Å². The summed E-state index contributed by atoms with van der Waals surface area (Å²) in [6.45, 7) is 2.32. The molecule has 0 aliphatic heterocycles. The predicted molar refractivity (Wildman–Crippen MR) is 66.8 cm³/mol. The van der Waals surface area contributed by atoms with Gasteiger partial charge in [-0.2, -0.15) is 0 Å². The molecule has 1 aliphatic rings. The number of benzene rings is 1. The molecule has 0 atom stereocenters. The summed E-state index contributed by atoms with van der Waals surface area (Å²) in [5.41, 5.74) is 7.57. The molecule has 1 aliphatic carbocycles. The van der Waals surface area contributed by atoms with E-state index in [0.29, 0.717) is 12.2 Å². The first-order valence-corrected chi connectivity index (χ1v) is 6.12. The van der Waals surface area contributed by atoms with Crippen molar-refractivity contribution < 1.29 is 9.53 Å². The highest BCUT2D eigenvalue weighted by Crippen LogP contribution is 2.27. The van der Waals surface area contributed by atoms with Crippen LogP contribution < -0.4 is 5.73 Å². The van der Waals surface area contributed by atoms with Crippen LogP contribution in [-0.4, -0.2) is 18.1 Å². The average Bonchev–Trinajstić information content (AvgIpc) is 2.75. The van der Waals surface area contributed by atoms with Crippen LogP contribution in [0.2, 0.25) is 0 Å². The van der Waals surface area contributed by atoms with Gasteiger partial charge in [0.1, 0.15) is 6.61 Å². The Kier molecular flexibility index (Phi) is 3.48. The number of esters is 1. The topological polar surface area (TPSA) is 52.3 Å². The smallest absolute Gasteiger partial charge is 0.338 e. The van der Waals surface area contributed by atoms with E-state index in [1.807, 2.05) is 19.1 Å². The fourth-order valence-corrected chi connectivity index (χ4v) is 2.21. The van der Waals surface area contributed by atoms with Gasteiger partial charge in [-0.1, -0.05) is 30.5 Å². The fourth-order valence-electron chi connectivity index (χ4n) is 2.21. The van der Waals surface area contributed by atoms with E-state index in [1.165, 1.54) is 0 Å². The minimum atomic E-state index is -0.291. The average molecular weight is 233 g/mol. The first-order valence-electron chi connectivity index (χ1n) is 6.12. The lowest BCUT2D eigenvalue weighted by Gasteiger charge is -2.22. The Balaban J connectivity index is 1.91. The molecule has 1 saturated carbocycles. The van der Waals surface area contributed by atoms with E-state index in [9.17, 15) is 4.79 Å². The summed E-state index contributed by atoms with van der Waals surface area (Å²) in [5.74, 6) is -0.276. The Labute approximate surface area is 102 Å². The van der Waals surface area contributed by atoms with E-state index in [2.05, 4.69) is 0 Å². The number of rotatable bonds is 3. The van der Waals surface area contributed by atoms with Crippen molar-refractivity contribution in [3.8, 4) is 0 Å². The summed E-state index contributed by atoms with van der Waals surface area (Å²) in [7, 11) is 0. The van der Waals surface area contributed by atoms with Gasteiger partial charge in [0, 0.05) is 0 Å². The number of hydrogen-bond acceptors (Lipinski definition) is 3. The molecule has 0 radical (unpaired) electrons. The Morgan fingerprint density at radius 2 is 1.88 bits per heavy atom. The molecule has 3 nitrogen and oxygen atoms in total. The van der Waals surface area contributed by atoms with Gasteiger partial charge in [0.25, 0.3) is 0 Å². The molecule has 0 saturated heterocycles. The SMILES string of the molecule is Cc1ccc(C(=O)OCC2(N)CCCC2)cc1. The van der Waals surface area contributed by atoms with Crippen LogP contribution >= 0.6 is 0 Å². The van der Waals surface area contributed by atoms with Crippen LogP contribution in [0.15, 0.2) is 24.3 Å². The fraction of sp³-hybridized carbons (Fsp3) is 0.500. The molecular formula is C14H19NO2. The second-order valence-electron chi connectivity index (χ2n) is 5.01. The van der Waals surface area contributed by atoms with E-state index in [-0.39, 0.29) is 11.5 Å². The predicted octanol–water partition coefficient (Wildman–Crippen LogP) is 2.42. The third kappa shape index (κ3) is 3.07. The normalized spacial score (nSPS) is 18.0. The standard InChI is InChI=1S/C14H19NO2/c1-11-4-6-12(7-5-11)13(16)17-10-14(15)8-2-3-9-14/h4-7H,2-3,8-10,15H2,1H3. The molecule has 92 valence electrons. The van der Waals surface area contributed by atoms with Crippen LogP contribution in [-0.2, 0) is 4.74 Å². The lowest BCUT2D eigenvalue weighted by Crippen LogP contribution is -2.42. The zero-order chi connectivity index (χ0) is 12.3. The van der Waals surface area contributed by atoms with Crippen molar-refractivity contribution in [2.24, 2.45) is 5.73 Å². The van der Waals surface area contributed by atoms with Crippen molar-refractivity contribution in [3.05, 3.63) is 35.4 Å². The van der Waals surface area contributed by atoms with Gasteiger partial charge in [-0.15, -0.1) is 0 Å². The van der Waals surface area contributed by atoms with Gasteiger partial charge in [-0.25, -0.2) is 4.79 Å². The van der Waals surface area contributed by atoms with Gasteiger partial charge >= 0.3 is 5.97 Å². The van der Waals surface area contributed by atoms with Gasteiger partial charge in [0.2, 0.25) is 0 Å². The van der Waals surface area contributed by atoms with Crippen LogP contribution in [0, 0.1) is 6.92 Å². The van der Waals surface area contributed by atoms with Crippen molar-refractivity contribution in [1.29, 1.82) is 0 Å². The van der Waals surface area contributed by atoms with E-state index in [4.69, 9.17) is 10.5 Å². The summed E-state index contributed by atoms with van der Waals surface area (Å²) in [5, 5.41) is 0. The van der Waals surface area contributed by atoms with Crippen molar-refractivity contribution in [1.82, 2.24) is 0 Å². The Hall–Kier alpha value is -1.35.